The third-order valence-electron chi connectivity index (χ3n) is 5.60. The number of sulfone groups is 1. The summed E-state index contributed by atoms with van der Waals surface area (Å²) in [7, 11) is -3.31. The molecule has 0 N–H and O–H groups in total. The maximum atomic E-state index is 12.7. The molecular formula is C26H17N3O5S. The number of hydrogen-bond acceptors (Lipinski definition) is 7. The zero-order chi connectivity index (χ0) is 25.4. The molecule has 0 bridgehead atoms. The van der Waals surface area contributed by atoms with Crippen LogP contribution in [0.1, 0.15) is 37.0 Å². The SMILES string of the molecule is [C-]#[N+]/C(C#N)=C1\OC(C)(C)C(/C=C/c2cc3cc4c(cc3oc2=O)C#CCCS(=O)(=O)C4)=C1C#N. The van der Waals surface area contributed by atoms with Crippen LogP contribution < -0.4 is 5.63 Å². The largest absolute Gasteiger partial charge is 0.492 e. The molecular weight excluding hydrogens is 466 g/mol. The van der Waals surface area contributed by atoms with Gasteiger partial charge in [-0.1, -0.05) is 17.9 Å². The van der Waals surface area contributed by atoms with Crippen LogP contribution in [-0.2, 0) is 20.3 Å². The van der Waals surface area contributed by atoms with Gasteiger partial charge in [-0.2, -0.15) is 5.26 Å². The van der Waals surface area contributed by atoms with Crippen LogP contribution in [0.3, 0.4) is 0 Å². The molecule has 0 amide bonds. The van der Waals surface area contributed by atoms with E-state index in [1.54, 1.807) is 38.1 Å². The molecule has 172 valence electrons. The fourth-order valence-corrected chi connectivity index (χ4v) is 5.17. The highest BCUT2D eigenvalue weighted by atomic mass is 32.2. The molecule has 4 rings (SSSR count). The highest BCUT2D eigenvalue weighted by Crippen LogP contribution is 2.40. The molecule has 9 heteroatoms. The minimum atomic E-state index is -3.31. The van der Waals surface area contributed by atoms with Crippen LogP contribution in [0.25, 0.3) is 21.9 Å². The molecule has 35 heavy (non-hydrogen) atoms. The molecule has 0 saturated carbocycles. The summed E-state index contributed by atoms with van der Waals surface area (Å²) < 4.78 is 35.8. The summed E-state index contributed by atoms with van der Waals surface area (Å²) >= 11 is 0. The molecule has 2 aliphatic heterocycles. The normalized spacial score (nSPS) is 19.3. The van der Waals surface area contributed by atoms with Crippen molar-refractivity contribution in [1.29, 1.82) is 10.5 Å². The third kappa shape index (κ3) is 4.46. The minimum absolute atomic E-state index is 0.0129. The number of nitriles is 2. The summed E-state index contributed by atoms with van der Waals surface area (Å²) in [6, 6.07) is 8.51. The molecule has 0 fully saturated rings. The molecule has 0 atom stereocenters. The molecule has 8 nitrogen and oxygen atoms in total. The number of hydrogen-bond donors (Lipinski definition) is 0. The predicted molar refractivity (Wildman–Crippen MR) is 128 cm³/mol. The summed E-state index contributed by atoms with van der Waals surface area (Å²) in [5.41, 5.74) is -0.0761. The fraction of sp³-hybridized carbons (Fsp3) is 0.231. The Hall–Kier alpha value is -4.57. The van der Waals surface area contributed by atoms with Gasteiger partial charge in [-0.3, -0.25) is 0 Å². The smallest absolute Gasteiger partial charge is 0.343 e. The van der Waals surface area contributed by atoms with Gasteiger partial charge in [0.05, 0.1) is 35.3 Å². The van der Waals surface area contributed by atoms with Gasteiger partial charge in [0.25, 0.3) is 0 Å². The Kier molecular flexibility index (Phi) is 5.83. The summed E-state index contributed by atoms with van der Waals surface area (Å²) in [5.74, 6) is 5.51. The second-order valence-corrected chi connectivity index (χ2v) is 10.6. The highest BCUT2D eigenvalue weighted by Gasteiger charge is 2.38. The Morgan fingerprint density at radius 2 is 2.03 bits per heavy atom. The van der Waals surface area contributed by atoms with E-state index in [4.69, 9.17) is 15.7 Å². The van der Waals surface area contributed by atoms with Crippen molar-refractivity contribution in [2.24, 2.45) is 0 Å². The Morgan fingerprint density at radius 3 is 2.71 bits per heavy atom. The molecule has 0 unspecified atom stereocenters. The van der Waals surface area contributed by atoms with E-state index in [0.717, 1.165) is 0 Å². The summed E-state index contributed by atoms with van der Waals surface area (Å²) in [5, 5.41) is 19.4. The van der Waals surface area contributed by atoms with Crippen LogP contribution in [0, 0.1) is 41.1 Å². The van der Waals surface area contributed by atoms with Crippen molar-refractivity contribution in [3.05, 3.63) is 85.4 Å². The average Bonchev–Trinajstić information content (AvgIpc) is 3.04. The van der Waals surface area contributed by atoms with Gasteiger partial charge in [0.2, 0.25) is 0 Å². The number of ether oxygens (including phenoxy) is 1. The van der Waals surface area contributed by atoms with Gasteiger partial charge in [0, 0.05) is 22.9 Å². The summed E-state index contributed by atoms with van der Waals surface area (Å²) in [6.07, 6.45) is 3.23. The lowest BCUT2D eigenvalue weighted by Gasteiger charge is -2.20. The van der Waals surface area contributed by atoms with Crippen LogP contribution in [-0.4, -0.2) is 19.8 Å². The number of fused-ring (bicyclic) bond motifs is 2. The molecule has 0 radical (unpaired) electrons. The van der Waals surface area contributed by atoms with Crippen LogP contribution >= 0.6 is 0 Å². The quantitative estimate of drug-likeness (QED) is 0.276. The van der Waals surface area contributed by atoms with Gasteiger partial charge >= 0.3 is 11.3 Å². The Bertz CT molecular complexity index is 1720. The van der Waals surface area contributed by atoms with E-state index in [2.05, 4.69) is 16.7 Å². The van der Waals surface area contributed by atoms with Crippen molar-refractivity contribution < 1.29 is 17.6 Å². The van der Waals surface area contributed by atoms with Crippen molar-refractivity contribution in [2.75, 3.05) is 5.75 Å². The van der Waals surface area contributed by atoms with Gasteiger partial charge < -0.3 is 9.15 Å². The maximum Gasteiger partial charge on any atom is 0.343 e. The van der Waals surface area contributed by atoms with Gasteiger partial charge in [-0.15, -0.1) is 0 Å². The van der Waals surface area contributed by atoms with Gasteiger partial charge in [0.1, 0.15) is 17.3 Å². The van der Waals surface area contributed by atoms with E-state index in [0.29, 0.717) is 22.1 Å². The topological polar surface area (TPSA) is 126 Å². The zero-order valence-electron chi connectivity index (χ0n) is 18.8. The summed E-state index contributed by atoms with van der Waals surface area (Å²) in [4.78, 5) is 15.8. The van der Waals surface area contributed by atoms with Crippen LogP contribution in [0.2, 0.25) is 0 Å². The minimum Gasteiger partial charge on any atom is -0.492 e. The Labute approximate surface area is 201 Å². The van der Waals surface area contributed by atoms with E-state index in [1.807, 2.05) is 6.07 Å². The van der Waals surface area contributed by atoms with Crippen molar-refractivity contribution in [1.82, 2.24) is 0 Å². The second-order valence-electron chi connectivity index (χ2n) is 8.43. The molecule has 2 aromatic rings. The first kappa shape index (κ1) is 23.6. The Morgan fingerprint density at radius 1 is 1.26 bits per heavy atom. The van der Waals surface area contributed by atoms with E-state index in [1.165, 1.54) is 12.2 Å². The van der Waals surface area contributed by atoms with E-state index < -0.39 is 21.1 Å². The van der Waals surface area contributed by atoms with E-state index in [9.17, 15) is 23.7 Å². The van der Waals surface area contributed by atoms with Crippen LogP contribution in [0.4, 0.5) is 0 Å². The summed E-state index contributed by atoms with van der Waals surface area (Å²) in [6.45, 7) is 10.5. The predicted octanol–water partition coefficient (Wildman–Crippen LogP) is 3.76. The lowest BCUT2D eigenvalue weighted by molar-refractivity contribution is 0.0953. The van der Waals surface area contributed by atoms with E-state index >= 15 is 0 Å². The van der Waals surface area contributed by atoms with Gasteiger partial charge in [-0.25, -0.2) is 23.3 Å². The second kappa shape index (κ2) is 8.65. The molecule has 0 aliphatic carbocycles. The third-order valence-corrected chi connectivity index (χ3v) is 7.17. The lowest BCUT2D eigenvalue weighted by Crippen LogP contribution is -2.20. The molecule has 3 heterocycles. The number of rotatable bonds is 2. The first-order chi connectivity index (χ1) is 16.6. The maximum absolute atomic E-state index is 12.7. The number of nitrogens with zero attached hydrogens (tertiary/aromatic N) is 3. The van der Waals surface area contributed by atoms with Crippen molar-refractivity contribution in [2.45, 2.75) is 31.6 Å². The zero-order valence-corrected chi connectivity index (χ0v) is 19.6. The molecule has 1 aromatic carbocycles. The molecule has 2 aliphatic rings. The Balaban J connectivity index is 1.84. The first-order valence-corrected chi connectivity index (χ1v) is 12.2. The van der Waals surface area contributed by atoms with E-state index in [-0.39, 0.29) is 46.1 Å². The van der Waals surface area contributed by atoms with Crippen molar-refractivity contribution in [3.8, 4) is 24.0 Å². The van der Waals surface area contributed by atoms with Crippen molar-refractivity contribution in [3.63, 3.8) is 0 Å². The average molecular weight is 484 g/mol. The number of benzene rings is 1. The monoisotopic (exact) mass is 483 g/mol. The number of allylic oxidation sites excluding steroid dienone is 2. The van der Waals surface area contributed by atoms with Crippen LogP contribution in [0.5, 0.6) is 0 Å². The van der Waals surface area contributed by atoms with Gasteiger partial charge in [0.15, 0.2) is 15.6 Å². The molecule has 0 spiro atoms. The van der Waals surface area contributed by atoms with Gasteiger partial charge in [-0.05, 0) is 43.7 Å². The lowest BCUT2D eigenvalue weighted by atomic mass is 9.94. The molecule has 0 saturated heterocycles. The molecule has 1 aromatic heterocycles. The van der Waals surface area contributed by atoms with Crippen LogP contribution in [0.15, 0.2) is 56.1 Å². The standard InChI is InChI=1S/C26H17N3O5S/c1-26(2)21(20(13-27)24(34-26)22(14-28)29-3)8-7-17-10-18-11-19-15-35(31,32)9-5-4-6-16(19)12-23(18)33-25(17)30/h7-8,10-12H,5,9,15H2,1-2H3/b8-7+,24-22-. The fourth-order valence-electron chi connectivity index (χ4n) is 3.90. The highest BCUT2D eigenvalue weighted by molar-refractivity contribution is 7.90. The first-order valence-electron chi connectivity index (χ1n) is 10.4. The van der Waals surface area contributed by atoms with Crippen molar-refractivity contribution >= 4 is 26.9 Å².